The van der Waals surface area contributed by atoms with Crippen molar-refractivity contribution in [2.24, 2.45) is 0 Å². The van der Waals surface area contributed by atoms with Crippen LogP contribution in [-0.4, -0.2) is 85.5 Å². The highest BCUT2D eigenvalue weighted by Crippen LogP contribution is 2.41. The molecule has 0 aliphatic carbocycles. The molecule has 8 nitrogen and oxygen atoms in total. The quantitative estimate of drug-likeness (QED) is 0.711. The number of carboxylic acids is 1. The van der Waals surface area contributed by atoms with Crippen molar-refractivity contribution < 1.29 is 33.3 Å². The van der Waals surface area contributed by atoms with Crippen LogP contribution in [0.25, 0.3) is 0 Å². The summed E-state index contributed by atoms with van der Waals surface area (Å²) in [7, 11) is 0. The second-order valence-electron chi connectivity index (χ2n) is 7.21. The summed E-state index contributed by atoms with van der Waals surface area (Å²) in [4.78, 5) is 28.8. The molecule has 0 saturated carbocycles. The molecular weight excluding hydrogens is 383 g/mol. The molecule has 0 bridgehead atoms. The number of morpholine rings is 2. The number of halogens is 1. The fraction of sp³-hybridized carbons (Fsp3) is 0.500. The van der Waals surface area contributed by atoms with Gasteiger partial charge in [-0.2, -0.15) is 0 Å². The maximum Gasteiger partial charge on any atom is 0.355 e. The summed E-state index contributed by atoms with van der Waals surface area (Å²) in [6.07, 6.45) is 1.59. The third kappa shape index (κ3) is 3.73. The Balaban J connectivity index is 1.81. The van der Waals surface area contributed by atoms with Gasteiger partial charge in [0.05, 0.1) is 26.4 Å². The highest BCUT2D eigenvalue weighted by atomic mass is 19.1. The smallest absolute Gasteiger partial charge is 0.355 e. The second-order valence-corrected chi connectivity index (χ2v) is 7.21. The number of carbonyl (C=O) groups excluding carboxylic acids is 1. The lowest BCUT2D eigenvalue weighted by Crippen LogP contribution is -2.57. The summed E-state index contributed by atoms with van der Waals surface area (Å²) in [5.41, 5.74) is -0.840. The van der Waals surface area contributed by atoms with Crippen molar-refractivity contribution in [1.29, 1.82) is 0 Å². The van der Waals surface area contributed by atoms with E-state index in [2.05, 4.69) is 0 Å². The van der Waals surface area contributed by atoms with Crippen molar-refractivity contribution in [2.45, 2.75) is 11.6 Å². The van der Waals surface area contributed by atoms with E-state index >= 15 is 0 Å². The average molecular weight is 406 g/mol. The zero-order chi connectivity index (χ0) is 20.4. The predicted molar refractivity (Wildman–Crippen MR) is 98.5 cm³/mol. The fourth-order valence-corrected chi connectivity index (χ4v) is 4.11. The highest BCUT2D eigenvalue weighted by Gasteiger charge is 2.54. The minimum absolute atomic E-state index is 0.317. The molecule has 0 unspecified atom stereocenters. The van der Waals surface area contributed by atoms with Gasteiger partial charge in [0.2, 0.25) is 0 Å². The summed E-state index contributed by atoms with van der Waals surface area (Å²) < 4.78 is 30.1. The summed E-state index contributed by atoms with van der Waals surface area (Å²) >= 11 is 0. The first-order valence-corrected chi connectivity index (χ1v) is 9.61. The molecule has 4 rings (SSSR count). The monoisotopic (exact) mass is 406 g/mol. The number of cyclic esters (lactones) is 1. The Bertz CT molecular complexity index is 802. The number of carboxylic acid groups (broad SMARTS) is 1. The van der Waals surface area contributed by atoms with Crippen molar-refractivity contribution in [3.05, 3.63) is 47.4 Å². The molecule has 29 heavy (non-hydrogen) atoms. The van der Waals surface area contributed by atoms with E-state index in [0.29, 0.717) is 63.9 Å². The summed E-state index contributed by atoms with van der Waals surface area (Å²) in [5, 5.41) is 10.1. The third-order valence-corrected chi connectivity index (χ3v) is 5.52. The van der Waals surface area contributed by atoms with Crippen molar-refractivity contribution in [2.75, 3.05) is 52.6 Å². The molecular formula is C20H23FN2O6. The van der Waals surface area contributed by atoms with Gasteiger partial charge in [-0.15, -0.1) is 0 Å². The molecule has 0 aromatic heterocycles. The van der Waals surface area contributed by atoms with Crippen LogP contribution in [0.1, 0.15) is 5.56 Å². The van der Waals surface area contributed by atoms with Gasteiger partial charge in [-0.3, -0.25) is 9.69 Å². The number of hydrogen-bond acceptors (Lipinski definition) is 7. The normalized spacial score (nSPS) is 26.7. The molecule has 1 aromatic carbocycles. The fourth-order valence-electron chi connectivity index (χ4n) is 4.11. The van der Waals surface area contributed by atoms with Crippen molar-refractivity contribution in [1.82, 2.24) is 9.80 Å². The lowest BCUT2D eigenvalue weighted by molar-refractivity contribution is -0.168. The number of hydrogen-bond donors (Lipinski definition) is 1. The van der Waals surface area contributed by atoms with Gasteiger partial charge in [0.15, 0.2) is 11.6 Å². The van der Waals surface area contributed by atoms with Gasteiger partial charge in [0, 0.05) is 31.7 Å². The van der Waals surface area contributed by atoms with Gasteiger partial charge in [0.1, 0.15) is 11.5 Å². The molecule has 2 atom stereocenters. The zero-order valence-electron chi connectivity index (χ0n) is 15.9. The zero-order valence-corrected chi connectivity index (χ0v) is 15.9. The predicted octanol–water partition coefficient (Wildman–Crippen LogP) is 0.579. The van der Waals surface area contributed by atoms with Crippen molar-refractivity contribution in [3.63, 3.8) is 0 Å². The standard InChI is InChI=1S/C20H23FN2O6/c21-15-3-1-14(2-4-15)20(17(18(24)25)23-7-11-28-12-8-23)13-16(19(26)29-20)22-5-9-27-10-6-22/h1-4,13,17H,5-12H2,(H,24,25)/t17-,20+/m1/s1. The van der Waals surface area contributed by atoms with E-state index in [-0.39, 0.29) is 0 Å². The summed E-state index contributed by atoms with van der Waals surface area (Å²) in [6.45, 7) is 3.51. The van der Waals surface area contributed by atoms with E-state index in [4.69, 9.17) is 14.2 Å². The molecule has 3 aliphatic heterocycles. The van der Waals surface area contributed by atoms with E-state index < -0.39 is 29.4 Å². The van der Waals surface area contributed by atoms with Crippen LogP contribution in [0.2, 0.25) is 0 Å². The summed E-state index contributed by atoms with van der Waals surface area (Å²) in [5.74, 6) is -2.16. The van der Waals surface area contributed by atoms with E-state index in [1.54, 1.807) is 11.0 Å². The molecule has 3 heterocycles. The van der Waals surface area contributed by atoms with Gasteiger partial charge in [-0.1, -0.05) is 12.1 Å². The van der Waals surface area contributed by atoms with Crippen LogP contribution in [0, 0.1) is 5.82 Å². The number of aliphatic carboxylic acids is 1. The Labute approximate surface area is 167 Å². The molecule has 2 fully saturated rings. The van der Waals surface area contributed by atoms with Crippen LogP contribution in [0.5, 0.6) is 0 Å². The number of ether oxygens (including phenoxy) is 3. The molecule has 9 heteroatoms. The topological polar surface area (TPSA) is 88.5 Å². The van der Waals surface area contributed by atoms with Crippen LogP contribution in [0.3, 0.4) is 0 Å². The van der Waals surface area contributed by atoms with E-state index in [1.807, 2.05) is 4.90 Å². The molecule has 3 aliphatic rings. The van der Waals surface area contributed by atoms with Crippen LogP contribution in [0.15, 0.2) is 36.0 Å². The lowest BCUT2D eigenvalue weighted by atomic mass is 9.84. The first-order valence-electron chi connectivity index (χ1n) is 9.61. The number of esters is 1. The Hall–Kier alpha value is -2.49. The van der Waals surface area contributed by atoms with Gasteiger partial charge in [-0.25, -0.2) is 9.18 Å². The van der Waals surface area contributed by atoms with E-state index in [1.165, 1.54) is 24.3 Å². The van der Waals surface area contributed by atoms with Gasteiger partial charge < -0.3 is 24.2 Å². The summed E-state index contributed by atoms with van der Waals surface area (Å²) in [6, 6.07) is 4.25. The van der Waals surface area contributed by atoms with Crippen LogP contribution >= 0.6 is 0 Å². The third-order valence-electron chi connectivity index (χ3n) is 5.52. The highest BCUT2D eigenvalue weighted by molar-refractivity contribution is 5.93. The number of rotatable bonds is 5. The molecule has 1 N–H and O–H groups in total. The molecule has 0 amide bonds. The SMILES string of the molecule is O=C1O[C@@](c2ccc(F)cc2)([C@@H](C(=O)O)N2CCOCC2)C=C1N1CCOCC1. The molecule has 156 valence electrons. The van der Waals surface area contributed by atoms with E-state index in [0.717, 1.165) is 0 Å². The first kappa shape index (κ1) is 19.8. The Morgan fingerprint density at radius 1 is 1.03 bits per heavy atom. The lowest BCUT2D eigenvalue weighted by Gasteiger charge is -2.41. The molecule has 0 radical (unpaired) electrons. The number of nitrogens with zero attached hydrogens (tertiary/aromatic N) is 2. The number of carbonyl (C=O) groups is 2. The Morgan fingerprint density at radius 3 is 2.21 bits per heavy atom. The number of benzene rings is 1. The van der Waals surface area contributed by atoms with Crippen molar-refractivity contribution in [3.8, 4) is 0 Å². The second kappa shape index (κ2) is 8.10. The van der Waals surface area contributed by atoms with Gasteiger partial charge in [0.25, 0.3) is 0 Å². The maximum absolute atomic E-state index is 13.6. The maximum atomic E-state index is 13.6. The molecule has 2 saturated heterocycles. The minimum atomic E-state index is -1.57. The van der Waals surface area contributed by atoms with E-state index in [9.17, 15) is 19.1 Å². The largest absolute Gasteiger partial charge is 0.480 e. The molecule has 0 spiro atoms. The van der Waals surface area contributed by atoms with Crippen LogP contribution < -0.4 is 0 Å². The Kier molecular flexibility index (Phi) is 5.53. The van der Waals surface area contributed by atoms with Gasteiger partial charge >= 0.3 is 11.9 Å². The first-order chi connectivity index (χ1) is 14.0. The van der Waals surface area contributed by atoms with Gasteiger partial charge in [-0.05, 0) is 18.2 Å². The molecule has 1 aromatic rings. The van der Waals surface area contributed by atoms with Crippen LogP contribution in [0.4, 0.5) is 4.39 Å². The minimum Gasteiger partial charge on any atom is -0.480 e. The Morgan fingerprint density at radius 2 is 1.62 bits per heavy atom. The van der Waals surface area contributed by atoms with Crippen molar-refractivity contribution >= 4 is 11.9 Å². The van der Waals surface area contributed by atoms with Crippen LogP contribution in [-0.2, 0) is 29.4 Å². The average Bonchev–Trinajstić information content (AvgIpc) is 3.07.